The molecular weight excluding hydrogens is 493 g/mol. The smallest absolute Gasteiger partial charge is 0.229 e. The molecule has 4 aromatic heterocycles. The SMILES string of the molecule is CC[C@@]1(O)CCc2ccc(-n3cc(F)c4cnc(Nc5ccc6c(ccn6C6CCN(C)CC6)c5)nc43)nc21. The molecule has 0 amide bonds. The lowest BCUT2D eigenvalue weighted by molar-refractivity contribution is 0.0306. The summed E-state index contributed by atoms with van der Waals surface area (Å²) in [7, 11) is 2.18. The number of nitrogens with one attached hydrogen (secondary N) is 1. The molecule has 39 heavy (non-hydrogen) atoms. The maximum atomic E-state index is 14.9. The van der Waals surface area contributed by atoms with E-state index in [1.54, 1.807) is 4.57 Å². The van der Waals surface area contributed by atoms with Crippen molar-refractivity contribution < 1.29 is 9.50 Å². The Labute approximate surface area is 226 Å². The maximum Gasteiger partial charge on any atom is 0.229 e. The fraction of sp³-hybridized carbons (Fsp3) is 0.367. The zero-order valence-corrected chi connectivity index (χ0v) is 22.2. The molecule has 5 heterocycles. The molecule has 1 aliphatic heterocycles. The van der Waals surface area contributed by atoms with Crippen molar-refractivity contribution in [2.24, 2.45) is 0 Å². The van der Waals surface area contributed by atoms with E-state index in [1.165, 1.54) is 17.9 Å². The number of halogens is 1. The maximum absolute atomic E-state index is 14.9. The van der Waals surface area contributed by atoms with E-state index in [0.29, 0.717) is 47.4 Å². The van der Waals surface area contributed by atoms with Crippen LogP contribution < -0.4 is 5.32 Å². The van der Waals surface area contributed by atoms with Crippen molar-refractivity contribution in [3.05, 3.63) is 72.1 Å². The summed E-state index contributed by atoms with van der Waals surface area (Å²) >= 11 is 0. The first-order valence-corrected chi connectivity index (χ1v) is 13.7. The minimum atomic E-state index is -0.945. The Morgan fingerprint density at radius 1 is 1.13 bits per heavy atom. The van der Waals surface area contributed by atoms with Crippen LogP contribution in [0.3, 0.4) is 0 Å². The zero-order chi connectivity index (χ0) is 26.7. The summed E-state index contributed by atoms with van der Waals surface area (Å²) in [6.07, 6.45) is 9.40. The zero-order valence-electron chi connectivity index (χ0n) is 22.2. The molecular formula is C30H32FN7O. The Morgan fingerprint density at radius 3 is 2.79 bits per heavy atom. The standard InChI is InChI=1S/C30H32FN7O/c1-3-30(39)12-8-19-4-7-26(34-27(19)30)38-18-24(31)23-17-32-29(35-28(23)38)33-21-5-6-25-20(16-21)9-15-37(25)22-10-13-36(2)14-11-22/h4-7,9,15-18,22,39H,3,8,10-14H2,1-2H3,(H,32,33,35)/t30-/m1/s1. The number of aliphatic hydroxyl groups is 1. The van der Waals surface area contributed by atoms with E-state index in [0.717, 1.165) is 49.0 Å². The molecule has 1 atom stereocenters. The van der Waals surface area contributed by atoms with E-state index in [2.05, 4.69) is 56.2 Å². The fourth-order valence-electron chi connectivity index (χ4n) is 6.19. The summed E-state index contributed by atoms with van der Waals surface area (Å²) < 4.78 is 18.9. The molecule has 1 aromatic carbocycles. The first-order chi connectivity index (χ1) is 18.9. The van der Waals surface area contributed by atoms with Crippen LogP contribution in [0.15, 0.2) is 55.0 Å². The largest absolute Gasteiger partial charge is 0.384 e. The number of hydrogen-bond acceptors (Lipinski definition) is 6. The first-order valence-electron chi connectivity index (χ1n) is 13.7. The summed E-state index contributed by atoms with van der Waals surface area (Å²) in [6.45, 7) is 4.19. The van der Waals surface area contributed by atoms with E-state index >= 15 is 0 Å². The molecule has 1 fully saturated rings. The van der Waals surface area contributed by atoms with Gasteiger partial charge in [-0.2, -0.15) is 4.98 Å². The van der Waals surface area contributed by atoms with Crippen LogP contribution in [0.5, 0.6) is 0 Å². The van der Waals surface area contributed by atoms with Crippen LogP contribution in [-0.2, 0) is 12.0 Å². The number of piperidine rings is 1. The number of nitrogens with zero attached hydrogens (tertiary/aromatic N) is 6. The fourth-order valence-corrected chi connectivity index (χ4v) is 6.19. The number of aryl methyl sites for hydroxylation is 1. The van der Waals surface area contributed by atoms with Gasteiger partial charge in [-0.1, -0.05) is 13.0 Å². The quantitative estimate of drug-likeness (QED) is 0.317. The molecule has 0 unspecified atom stereocenters. The van der Waals surface area contributed by atoms with Crippen molar-refractivity contribution in [2.75, 3.05) is 25.5 Å². The Morgan fingerprint density at radius 2 is 1.97 bits per heavy atom. The molecule has 1 saturated heterocycles. The molecule has 2 aliphatic rings. The summed E-state index contributed by atoms with van der Waals surface area (Å²) in [6, 6.07) is 12.8. The molecule has 200 valence electrons. The van der Waals surface area contributed by atoms with Gasteiger partial charge in [0.05, 0.1) is 11.1 Å². The van der Waals surface area contributed by atoms with Crippen molar-refractivity contribution >= 4 is 33.6 Å². The minimum Gasteiger partial charge on any atom is -0.384 e. The number of anilines is 2. The first kappa shape index (κ1) is 24.2. The normalized spacial score (nSPS) is 20.2. The predicted molar refractivity (Wildman–Crippen MR) is 150 cm³/mol. The van der Waals surface area contributed by atoms with E-state index in [1.807, 2.05) is 25.1 Å². The molecule has 0 radical (unpaired) electrons. The Hall–Kier alpha value is -3.82. The number of hydrogen-bond donors (Lipinski definition) is 2. The van der Waals surface area contributed by atoms with Crippen molar-refractivity contribution in [3.8, 4) is 5.82 Å². The molecule has 8 nitrogen and oxygen atoms in total. The van der Waals surface area contributed by atoms with Gasteiger partial charge in [-0.05, 0) is 88.1 Å². The second-order valence-electron chi connectivity index (χ2n) is 11.0. The highest BCUT2D eigenvalue weighted by atomic mass is 19.1. The number of likely N-dealkylation sites (tertiary alicyclic amines) is 1. The van der Waals surface area contributed by atoms with Crippen LogP contribution in [0.1, 0.15) is 49.9 Å². The molecule has 9 heteroatoms. The highest BCUT2D eigenvalue weighted by Gasteiger charge is 2.37. The van der Waals surface area contributed by atoms with Gasteiger partial charge in [0.25, 0.3) is 0 Å². The van der Waals surface area contributed by atoms with E-state index < -0.39 is 11.4 Å². The Balaban J connectivity index is 1.20. The third-order valence-electron chi connectivity index (χ3n) is 8.60. The number of benzene rings is 1. The predicted octanol–water partition coefficient (Wildman–Crippen LogP) is 5.46. The van der Waals surface area contributed by atoms with Crippen LogP contribution in [-0.4, -0.2) is 54.2 Å². The lowest BCUT2D eigenvalue weighted by Gasteiger charge is -2.30. The number of aromatic nitrogens is 5. The second kappa shape index (κ2) is 9.14. The molecule has 7 rings (SSSR count). The van der Waals surface area contributed by atoms with E-state index in [4.69, 9.17) is 4.98 Å². The number of rotatable bonds is 5. The van der Waals surface area contributed by atoms with Gasteiger partial charge in [0.2, 0.25) is 5.95 Å². The lowest BCUT2D eigenvalue weighted by atomic mass is 9.98. The highest BCUT2D eigenvalue weighted by molar-refractivity contribution is 5.85. The van der Waals surface area contributed by atoms with Gasteiger partial charge in [0.1, 0.15) is 11.4 Å². The van der Waals surface area contributed by atoms with Crippen LogP contribution >= 0.6 is 0 Å². The van der Waals surface area contributed by atoms with Gasteiger partial charge in [-0.25, -0.2) is 14.4 Å². The summed E-state index contributed by atoms with van der Waals surface area (Å²) in [5.41, 5.74) is 3.28. The molecule has 5 aromatic rings. The summed E-state index contributed by atoms with van der Waals surface area (Å²) in [4.78, 5) is 16.2. The third-order valence-corrected chi connectivity index (χ3v) is 8.60. The van der Waals surface area contributed by atoms with Gasteiger partial charge in [0.15, 0.2) is 11.5 Å². The second-order valence-corrected chi connectivity index (χ2v) is 11.0. The Bertz CT molecular complexity index is 1700. The molecule has 0 saturated carbocycles. The Kier molecular flexibility index (Phi) is 5.68. The van der Waals surface area contributed by atoms with Crippen molar-refractivity contribution in [1.82, 2.24) is 29.0 Å². The average Bonchev–Trinajstić information content (AvgIpc) is 3.62. The van der Waals surface area contributed by atoms with Crippen molar-refractivity contribution in [3.63, 3.8) is 0 Å². The lowest BCUT2D eigenvalue weighted by Crippen LogP contribution is -2.31. The van der Waals surface area contributed by atoms with Gasteiger partial charge >= 0.3 is 0 Å². The summed E-state index contributed by atoms with van der Waals surface area (Å²) in [5.74, 6) is 0.487. The van der Waals surface area contributed by atoms with E-state index in [-0.39, 0.29) is 0 Å². The molecule has 0 spiro atoms. The van der Waals surface area contributed by atoms with Crippen molar-refractivity contribution in [2.45, 2.75) is 50.7 Å². The van der Waals surface area contributed by atoms with Gasteiger partial charge < -0.3 is 19.9 Å². The molecule has 0 bridgehead atoms. The average molecular weight is 526 g/mol. The van der Waals surface area contributed by atoms with Gasteiger partial charge in [-0.15, -0.1) is 0 Å². The minimum absolute atomic E-state index is 0.319. The highest BCUT2D eigenvalue weighted by Crippen LogP contribution is 2.38. The van der Waals surface area contributed by atoms with Gasteiger partial charge in [-0.3, -0.25) is 4.57 Å². The molecule has 2 N–H and O–H groups in total. The number of pyridine rings is 1. The summed E-state index contributed by atoms with van der Waals surface area (Å²) in [5, 5.41) is 15.8. The topological polar surface area (TPSA) is 84.0 Å². The van der Waals surface area contributed by atoms with Crippen LogP contribution in [0, 0.1) is 5.82 Å². The number of fused-ring (bicyclic) bond motifs is 3. The van der Waals surface area contributed by atoms with Crippen LogP contribution in [0.4, 0.5) is 16.0 Å². The van der Waals surface area contributed by atoms with Crippen molar-refractivity contribution in [1.29, 1.82) is 0 Å². The monoisotopic (exact) mass is 525 g/mol. The van der Waals surface area contributed by atoms with E-state index in [9.17, 15) is 9.50 Å². The van der Waals surface area contributed by atoms with Gasteiger partial charge in [0, 0.05) is 41.2 Å². The van der Waals surface area contributed by atoms with Crippen LogP contribution in [0.2, 0.25) is 0 Å². The van der Waals surface area contributed by atoms with Crippen LogP contribution in [0.25, 0.3) is 27.8 Å². The third kappa shape index (κ3) is 4.08. The molecule has 1 aliphatic carbocycles.